The molecular weight excluding hydrogens is 450 g/mol. The molecule has 7 heteroatoms. The number of methoxy groups -OCH3 is 1. The standard InChI is InChI=1S/C29H23N5O2/c1-35-23-15-11-21(12-16-23)28-31-32-29-26-10-6-5-9-25(26)27(33-34(28)29)30-22-13-17-24(18-14-22)36-19-20-7-3-2-4-8-20/h2-18H,19H2,1H3,(H,30,33). The predicted molar refractivity (Wildman–Crippen MR) is 141 cm³/mol. The molecule has 0 aliphatic heterocycles. The van der Waals surface area contributed by atoms with Crippen molar-refractivity contribution >= 4 is 27.9 Å². The molecule has 2 heterocycles. The van der Waals surface area contributed by atoms with Gasteiger partial charge in [0.1, 0.15) is 18.1 Å². The summed E-state index contributed by atoms with van der Waals surface area (Å²) in [5.41, 5.74) is 3.63. The molecule has 0 amide bonds. The highest BCUT2D eigenvalue weighted by molar-refractivity contribution is 6.01. The average molecular weight is 474 g/mol. The average Bonchev–Trinajstić information content (AvgIpc) is 3.37. The zero-order valence-corrected chi connectivity index (χ0v) is 19.6. The van der Waals surface area contributed by atoms with Gasteiger partial charge in [-0.1, -0.05) is 54.6 Å². The summed E-state index contributed by atoms with van der Waals surface area (Å²) >= 11 is 0. The van der Waals surface area contributed by atoms with Crippen LogP contribution >= 0.6 is 0 Å². The smallest absolute Gasteiger partial charge is 0.186 e. The number of benzene rings is 4. The van der Waals surface area contributed by atoms with Gasteiger partial charge in [-0.15, -0.1) is 15.3 Å². The van der Waals surface area contributed by atoms with Gasteiger partial charge in [0.05, 0.1) is 7.11 Å². The van der Waals surface area contributed by atoms with E-state index < -0.39 is 0 Å². The first kappa shape index (κ1) is 21.6. The molecule has 0 radical (unpaired) electrons. The molecule has 0 spiro atoms. The Morgan fingerprint density at radius 1 is 0.722 bits per heavy atom. The molecule has 176 valence electrons. The van der Waals surface area contributed by atoms with Crippen LogP contribution < -0.4 is 14.8 Å². The summed E-state index contributed by atoms with van der Waals surface area (Å²) in [6.45, 7) is 0.526. The molecule has 4 aromatic carbocycles. The normalized spacial score (nSPS) is 11.0. The maximum Gasteiger partial charge on any atom is 0.186 e. The lowest BCUT2D eigenvalue weighted by molar-refractivity contribution is 0.306. The number of aromatic nitrogens is 4. The Morgan fingerprint density at radius 3 is 2.17 bits per heavy atom. The lowest BCUT2D eigenvalue weighted by atomic mass is 10.1. The third-order valence-electron chi connectivity index (χ3n) is 5.98. The summed E-state index contributed by atoms with van der Waals surface area (Å²) in [5.74, 6) is 2.96. The highest BCUT2D eigenvalue weighted by atomic mass is 16.5. The van der Waals surface area contributed by atoms with Crippen molar-refractivity contribution in [2.45, 2.75) is 6.61 Å². The fraction of sp³-hybridized carbons (Fsp3) is 0.0690. The Bertz CT molecular complexity index is 1630. The number of rotatable bonds is 7. The van der Waals surface area contributed by atoms with Crippen molar-refractivity contribution in [1.82, 2.24) is 19.8 Å². The molecule has 0 saturated carbocycles. The van der Waals surface area contributed by atoms with Gasteiger partial charge in [0.2, 0.25) is 0 Å². The number of fused-ring (bicyclic) bond motifs is 3. The first-order chi connectivity index (χ1) is 17.8. The van der Waals surface area contributed by atoms with Crippen LogP contribution in [0.1, 0.15) is 5.56 Å². The van der Waals surface area contributed by atoms with Crippen molar-refractivity contribution in [3.63, 3.8) is 0 Å². The van der Waals surface area contributed by atoms with Crippen LogP contribution in [0.15, 0.2) is 103 Å². The van der Waals surface area contributed by atoms with E-state index in [0.29, 0.717) is 23.9 Å². The topological polar surface area (TPSA) is 73.6 Å². The fourth-order valence-corrected chi connectivity index (χ4v) is 4.11. The number of anilines is 2. The number of hydrogen-bond acceptors (Lipinski definition) is 6. The fourth-order valence-electron chi connectivity index (χ4n) is 4.11. The van der Waals surface area contributed by atoms with E-state index in [1.807, 2.05) is 103 Å². The molecule has 0 atom stereocenters. The van der Waals surface area contributed by atoms with E-state index in [1.165, 1.54) is 0 Å². The van der Waals surface area contributed by atoms with Gasteiger partial charge in [-0.2, -0.15) is 4.52 Å². The summed E-state index contributed by atoms with van der Waals surface area (Å²) in [5, 5.41) is 19.2. The van der Waals surface area contributed by atoms with E-state index >= 15 is 0 Å². The Morgan fingerprint density at radius 2 is 1.42 bits per heavy atom. The summed E-state index contributed by atoms with van der Waals surface area (Å²) in [7, 11) is 1.65. The van der Waals surface area contributed by atoms with Crippen LogP contribution in [-0.2, 0) is 6.61 Å². The number of ether oxygens (including phenoxy) is 2. The van der Waals surface area contributed by atoms with Gasteiger partial charge in [-0.3, -0.25) is 0 Å². The Labute approximate surface area is 208 Å². The second kappa shape index (κ2) is 9.38. The minimum atomic E-state index is 0.526. The van der Waals surface area contributed by atoms with Gasteiger partial charge in [0.25, 0.3) is 0 Å². The summed E-state index contributed by atoms with van der Waals surface area (Å²) in [6, 6.07) is 33.7. The van der Waals surface area contributed by atoms with Gasteiger partial charge >= 0.3 is 0 Å². The lowest BCUT2D eigenvalue weighted by Gasteiger charge is -2.12. The maximum absolute atomic E-state index is 5.92. The van der Waals surface area contributed by atoms with Crippen LogP contribution in [0.2, 0.25) is 0 Å². The SMILES string of the molecule is COc1ccc(-c2nnc3c4ccccc4c(Nc4ccc(OCc5ccccc5)cc4)nn23)cc1. The summed E-state index contributed by atoms with van der Waals surface area (Å²) in [4.78, 5) is 0. The van der Waals surface area contributed by atoms with E-state index in [1.54, 1.807) is 11.6 Å². The third kappa shape index (κ3) is 4.18. The van der Waals surface area contributed by atoms with Gasteiger partial charge in [0, 0.05) is 22.0 Å². The van der Waals surface area contributed by atoms with Crippen LogP contribution in [0.5, 0.6) is 11.5 Å². The van der Waals surface area contributed by atoms with Gasteiger partial charge in [-0.05, 0) is 54.1 Å². The van der Waals surface area contributed by atoms with Crippen molar-refractivity contribution < 1.29 is 9.47 Å². The van der Waals surface area contributed by atoms with Crippen LogP contribution in [0.3, 0.4) is 0 Å². The van der Waals surface area contributed by atoms with Crippen molar-refractivity contribution in [2.75, 3.05) is 12.4 Å². The monoisotopic (exact) mass is 473 g/mol. The molecule has 7 nitrogen and oxygen atoms in total. The molecule has 1 N–H and O–H groups in total. The molecule has 6 aromatic rings. The minimum Gasteiger partial charge on any atom is -0.497 e. The van der Waals surface area contributed by atoms with Crippen molar-refractivity contribution in [3.8, 4) is 22.9 Å². The lowest BCUT2D eigenvalue weighted by Crippen LogP contribution is -2.02. The Hall–Kier alpha value is -4.91. The zero-order chi connectivity index (χ0) is 24.3. The molecule has 0 unspecified atom stereocenters. The highest BCUT2D eigenvalue weighted by Crippen LogP contribution is 2.30. The Balaban J connectivity index is 1.32. The largest absolute Gasteiger partial charge is 0.497 e. The van der Waals surface area contributed by atoms with Crippen molar-refractivity contribution in [3.05, 3.63) is 109 Å². The number of hydrogen-bond donors (Lipinski definition) is 1. The van der Waals surface area contributed by atoms with Gasteiger partial charge in [-0.25, -0.2) is 0 Å². The molecule has 0 bridgehead atoms. The molecule has 2 aromatic heterocycles. The molecular formula is C29H23N5O2. The second-order valence-corrected chi connectivity index (χ2v) is 8.31. The molecule has 36 heavy (non-hydrogen) atoms. The molecule has 0 aliphatic carbocycles. The summed E-state index contributed by atoms with van der Waals surface area (Å²) < 4.78 is 13.0. The van der Waals surface area contributed by atoms with E-state index in [9.17, 15) is 0 Å². The highest BCUT2D eigenvalue weighted by Gasteiger charge is 2.15. The van der Waals surface area contributed by atoms with Crippen LogP contribution in [0.4, 0.5) is 11.5 Å². The van der Waals surface area contributed by atoms with E-state index in [0.717, 1.165) is 39.1 Å². The van der Waals surface area contributed by atoms with E-state index in [-0.39, 0.29) is 0 Å². The van der Waals surface area contributed by atoms with Crippen molar-refractivity contribution in [1.29, 1.82) is 0 Å². The van der Waals surface area contributed by atoms with Crippen molar-refractivity contribution in [2.24, 2.45) is 0 Å². The third-order valence-corrected chi connectivity index (χ3v) is 5.98. The minimum absolute atomic E-state index is 0.526. The van der Waals surface area contributed by atoms with Gasteiger partial charge in [0.15, 0.2) is 17.3 Å². The number of nitrogens with zero attached hydrogens (tertiary/aromatic N) is 4. The zero-order valence-electron chi connectivity index (χ0n) is 19.6. The second-order valence-electron chi connectivity index (χ2n) is 8.31. The molecule has 0 fully saturated rings. The van der Waals surface area contributed by atoms with Crippen LogP contribution in [-0.4, -0.2) is 26.9 Å². The summed E-state index contributed by atoms with van der Waals surface area (Å²) in [6.07, 6.45) is 0. The first-order valence-electron chi connectivity index (χ1n) is 11.6. The molecule has 0 aliphatic rings. The van der Waals surface area contributed by atoms with E-state index in [2.05, 4.69) is 15.5 Å². The molecule has 0 saturated heterocycles. The Kier molecular flexibility index (Phi) is 5.63. The van der Waals surface area contributed by atoms with Crippen LogP contribution in [0, 0.1) is 0 Å². The first-order valence-corrected chi connectivity index (χ1v) is 11.6. The quantitative estimate of drug-likeness (QED) is 0.294. The van der Waals surface area contributed by atoms with Gasteiger partial charge < -0.3 is 14.8 Å². The molecule has 6 rings (SSSR count). The maximum atomic E-state index is 5.92. The predicted octanol–water partition coefficient (Wildman–Crippen LogP) is 6.28. The van der Waals surface area contributed by atoms with E-state index in [4.69, 9.17) is 14.6 Å². The van der Waals surface area contributed by atoms with Crippen LogP contribution in [0.25, 0.3) is 27.8 Å². The number of nitrogens with one attached hydrogen (secondary N) is 1.